The van der Waals surface area contributed by atoms with Crippen LogP contribution in [0.15, 0.2) is 84.9 Å². The summed E-state index contributed by atoms with van der Waals surface area (Å²) in [5.74, 6) is -5.98. The van der Waals surface area contributed by atoms with Crippen molar-refractivity contribution in [2.75, 3.05) is 0 Å². The molecule has 0 saturated carbocycles. The van der Waals surface area contributed by atoms with E-state index in [-0.39, 0.29) is 140 Å². The number of rotatable bonds is 8. The Kier molecular flexibility index (Phi) is 17.7. The summed E-state index contributed by atoms with van der Waals surface area (Å²) in [4.78, 5) is 44.9. The molecule has 12 heteroatoms. The molecule has 0 atom stereocenters. The summed E-state index contributed by atoms with van der Waals surface area (Å²) >= 11 is 0. The molecule has 188 valence electrons. The maximum Gasteiger partial charge on any atom is 1.00 e. The van der Waals surface area contributed by atoms with Gasteiger partial charge in [-0.2, -0.15) is 0 Å². The Labute approximate surface area is 330 Å². The fraction of sp³-hybridized carbons (Fsp3) is 0. The Morgan fingerprint density at radius 1 is 0.381 bits per heavy atom. The third kappa shape index (κ3) is 10.6. The molecule has 0 amide bonds. The number of aromatic carboxylic acids is 4. The van der Waals surface area contributed by atoms with Crippen LogP contribution in [0.25, 0.3) is 34.4 Å². The van der Waals surface area contributed by atoms with Gasteiger partial charge in [0.05, 0.1) is 23.9 Å². The molecule has 0 unspecified atom stereocenters. The second-order valence-electron chi connectivity index (χ2n) is 8.33. The van der Waals surface area contributed by atoms with Crippen LogP contribution in [-0.2, 0) is 0 Å². The monoisotopic (exact) mass is 596 g/mol. The first kappa shape index (κ1) is 40.5. The molecule has 0 aliphatic heterocycles. The van der Waals surface area contributed by atoms with Crippen molar-refractivity contribution < 1.29 is 158 Å². The number of carbonyl (C=O) groups is 4. The van der Waals surface area contributed by atoms with Crippen LogP contribution in [0.1, 0.15) is 52.6 Å². The molecule has 0 spiro atoms. The Morgan fingerprint density at radius 3 is 0.833 bits per heavy atom. The van der Waals surface area contributed by atoms with E-state index in [4.69, 9.17) is 0 Å². The van der Waals surface area contributed by atoms with E-state index in [1.54, 1.807) is 48.5 Å². The maximum absolute atomic E-state index is 11.2. The van der Waals surface area contributed by atoms with Gasteiger partial charge in [0.25, 0.3) is 0 Å². The van der Waals surface area contributed by atoms with Gasteiger partial charge in [0.2, 0.25) is 0 Å². The van der Waals surface area contributed by atoms with E-state index in [0.29, 0.717) is 22.3 Å². The second kappa shape index (κ2) is 18.3. The molecule has 0 bridgehead atoms. The normalized spacial score (nSPS) is 9.81. The third-order valence-electron chi connectivity index (χ3n) is 5.77. The summed E-state index contributed by atoms with van der Waals surface area (Å²) in [5.41, 5.74) is 2.55. The van der Waals surface area contributed by atoms with Crippen molar-refractivity contribution in [3.63, 3.8) is 0 Å². The summed E-state index contributed by atoms with van der Waals surface area (Å²) in [6, 6.07) is 21.2. The molecule has 0 radical (unpaired) electrons. The molecule has 42 heavy (non-hydrogen) atoms. The number of carbonyl (C=O) groups excluding carboxylic acids is 4. The van der Waals surface area contributed by atoms with E-state index in [0.717, 1.165) is 23.3 Å². The van der Waals surface area contributed by atoms with Crippen LogP contribution >= 0.6 is 0 Å². The van der Waals surface area contributed by atoms with Crippen LogP contribution in [-0.4, -0.2) is 23.9 Å². The zero-order chi connectivity index (χ0) is 27.4. The van der Waals surface area contributed by atoms with E-state index >= 15 is 0 Å². The zero-order valence-corrected chi connectivity index (χ0v) is 31.5. The predicted molar refractivity (Wildman–Crippen MR) is 130 cm³/mol. The van der Waals surface area contributed by atoms with Crippen molar-refractivity contribution in [1.29, 1.82) is 0 Å². The van der Waals surface area contributed by atoms with Crippen LogP contribution in [0, 0.1) is 0 Å². The number of carboxylic acids is 4. The molecule has 8 nitrogen and oxygen atoms in total. The van der Waals surface area contributed by atoms with Gasteiger partial charge in [0, 0.05) is 0 Å². The van der Waals surface area contributed by atoms with Crippen LogP contribution in [0.3, 0.4) is 0 Å². The zero-order valence-electron chi connectivity index (χ0n) is 23.5. The van der Waals surface area contributed by atoms with Gasteiger partial charge in [-0.1, -0.05) is 60.7 Å². The van der Waals surface area contributed by atoms with Gasteiger partial charge in [-0.05, 0) is 92.0 Å². The molecule has 0 fully saturated rings. The van der Waals surface area contributed by atoms with E-state index in [9.17, 15) is 39.6 Å². The van der Waals surface area contributed by atoms with Crippen molar-refractivity contribution >= 4 is 36.0 Å². The fourth-order valence-corrected chi connectivity index (χ4v) is 3.83. The number of carboxylic acid groups (broad SMARTS) is 4. The Morgan fingerprint density at radius 2 is 0.619 bits per heavy atom. The standard InChI is InChI=1S/C30H20O8.4Na/c31-27(32)23-11-21(12-24(15-23)28(33)34)19-7-3-17(4-8-19)1-2-18-5-9-20(10-6-18)22-13-25(29(35)36)16-26(14-22)30(37)38;;;;/h1-16H,(H,31,32)(H,33,34)(H,35,36)(H,37,38);;;;/q;4*+1/p-4/b2-1-;;;;. The number of hydrogen-bond donors (Lipinski definition) is 0. The van der Waals surface area contributed by atoms with Gasteiger partial charge in [-0.15, -0.1) is 0 Å². The summed E-state index contributed by atoms with van der Waals surface area (Å²) in [6.45, 7) is 0. The minimum Gasteiger partial charge on any atom is -0.545 e. The molecular formula is C30H16Na4O8. The SMILES string of the molecule is O=C([O-])c1cc(C(=O)[O-])cc(-c2ccc(/C=C\c3ccc(-c4cc(C(=O)[O-])cc(C(=O)[O-])c4)cc3)cc2)c1.[Na+].[Na+].[Na+].[Na+]. The van der Waals surface area contributed by atoms with Gasteiger partial charge in [-0.3, -0.25) is 0 Å². The summed E-state index contributed by atoms with van der Waals surface area (Å²) in [7, 11) is 0. The minimum atomic E-state index is -1.49. The van der Waals surface area contributed by atoms with Gasteiger partial charge < -0.3 is 39.6 Å². The first-order valence-corrected chi connectivity index (χ1v) is 11.2. The van der Waals surface area contributed by atoms with Crippen LogP contribution in [0.2, 0.25) is 0 Å². The maximum atomic E-state index is 11.2. The van der Waals surface area contributed by atoms with Gasteiger partial charge in [0.15, 0.2) is 0 Å². The fourth-order valence-electron chi connectivity index (χ4n) is 3.83. The van der Waals surface area contributed by atoms with E-state index in [2.05, 4.69) is 0 Å². The Hall–Kier alpha value is -1.50. The molecule has 0 aliphatic rings. The topological polar surface area (TPSA) is 161 Å². The summed E-state index contributed by atoms with van der Waals surface area (Å²) in [5, 5.41) is 44.9. The molecule has 0 aromatic heterocycles. The Balaban J connectivity index is 0.00000420. The van der Waals surface area contributed by atoms with Crippen molar-refractivity contribution in [3.8, 4) is 22.3 Å². The molecule has 4 aromatic rings. The average Bonchev–Trinajstić information content (AvgIpc) is 2.91. The third-order valence-corrected chi connectivity index (χ3v) is 5.77. The second-order valence-corrected chi connectivity index (χ2v) is 8.33. The van der Waals surface area contributed by atoms with Crippen LogP contribution in [0.4, 0.5) is 0 Å². The smallest absolute Gasteiger partial charge is 0.545 e. The van der Waals surface area contributed by atoms with Gasteiger partial charge >= 0.3 is 118 Å². The molecular weight excluding hydrogens is 580 g/mol. The summed E-state index contributed by atoms with van der Waals surface area (Å²) in [6.07, 6.45) is 3.65. The van der Waals surface area contributed by atoms with Crippen molar-refractivity contribution in [3.05, 3.63) is 118 Å². The van der Waals surface area contributed by atoms with Crippen molar-refractivity contribution in [2.24, 2.45) is 0 Å². The number of hydrogen-bond acceptors (Lipinski definition) is 8. The van der Waals surface area contributed by atoms with Crippen LogP contribution < -0.4 is 139 Å². The van der Waals surface area contributed by atoms with Crippen LogP contribution in [0.5, 0.6) is 0 Å². The first-order valence-electron chi connectivity index (χ1n) is 11.2. The minimum absolute atomic E-state index is 0. The van der Waals surface area contributed by atoms with E-state index in [1.807, 2.05) is 12.2 Å². The van der Waals surface area contributed by atoms with Crippen molar-refractivity contribution in [2.45, 2.75) is 0 Å². The van der Waals surface area contributed by atoms with Crippen molar-refractivity contribution in [1.82, 2.24) is 0 Å². The predicted octanol–water partition coefficient (Wildman–Crippen LogP) is -11.3. The molecule has 0 aliphatic carbocycles. The average molecular weight is 596 g/mol. The number of benzene rings is 4. The van der Waals surface area contributed by atoms with Gasteiger partial charge in [0.1, 0.15) is 0 Å². The van der Waals surface area contributed by atoms with Gasteiger partial charge in [-0.25, -0.2) is 0 Å². The largest absolute Gasteiger partial charge is 1.00 e. The molecule has 0 saturated heterocycles. The van der Waals surface area contributed by atoms with E-state index < -0.39 is 23.9 Å². The molecule has 0 N–H and O–H groups in total. The molecule has 4 aromatic carbocycles. The molecule has 4 rings (SSSR count). The first-order chi connectivity index (χ1) is 18.1. The Bertz CT molecular complexity index is 1430. The van der Waals surface area contributed by atoms with E-state index in [1.165, 1.54) is 24.3 Å². The summed E-state index contributed by atoms with van der Waals surface area (Å²) < 4.78 is 0. The molecule has 0 heterocycles. The quantitative estimate of drug-likeness (QED) is 0.143.